The summed E-state index contributed by atoms with van der Waals surface area (Å²) in [6.07, 6.45) is -1.78. The molecule has 7 nitrogen and oxygen atoms in total. The molecule has 11 heteroatoms. The van der Waals surface area contributed by atoms with Gasteiger partial charge >= 0.3 is 11.8 Å². The van der Waals surface area contributed by atoms with Gasteiger partial charge in [0.1, 0.15) is 5.58 Å². The van der Waals surface area contributed by atoms with E-state index < -0.39 is 27.4 Å². The highest BCUT2D eigenvalue weighted by atomic mass is 32.2. The Morgan fingerprint density at radius 3 is 2.53 bits per heavy atom. The zero-order chi connectivity index (χ0) is 21.5. The smallest absolute Gasteiger partial charge is 0.416 e. The summed E-state index contributed by atoms with van der Waals surface area (Å²) in [5.41, 5.74) is -1.62. The van der Waals surface area contributed by atoms with E-state index in [0.29, 0.717) is 11.5 Å². The molecule has 0 unspecified atom stereocenters. The van der Waals surface area contributed by atoms with Crippen LogP contribution in [0.1, 0.15) is 5.56 Å². The second kappa shape index (κ2) is 7.02. The molecule has 0 atom stereocenters. The molecule has 30 heavy (non-hydrogen) atoms. The molecule has 0 radical (unpaired) electrons. The Kier molecular flexibility index (Phi) is 4.61. The summed E-state index contributed by atoms with van der Waals surface area (Å²) >= 11 is 0. The fourth-order valence-electron chi connectivity index (χ4n) is 2.83. The number of fused-ring (bicyclic) bond motifs is 1. The van der Waals surface area contributed by atoms with Crippen LogP contribution in [-0.2, 0) is 16.2 Å². The summed E-state index contributed by atoms with van der Waals surface area (Å²) in [5, 5.41) is 4.29. The van der Waals surface area contributed by atoms with Crippen LogP contribution in [0.2, 0.25) is 0 Å². The third-order valence-corrected chi connectivity index (χ3v) is 5.58. The zero-order valence-electron chi connectivity index (χ0n) is 14.9. The maximum absolute atomic E-state index is 13.2. The molecule has 4 aromatic rings. The Morgan fingerprint density at radius 1 is 1.03 bits per heavy atom. The van der Waals surface area contributed by atoms with Gasteiger partial charge in [0, 0.05) is 23.8 Å². The van der Waals surface area contributed by atoms with Crippen LogP contribution in [0.25, 0.3) is 16.7 Å². The molecule has 154 valence electrons. The van der Waals surface area contributed by atoms with E-state index in [1.165, 1.54) is 41.3 Å². The van der Waals surface area contributed by atoms with Crippen LogP contribution in [0, 0.1) is 0 Å². The van der Waals surface area contributed by atoms with Crippen LogP contribution in [0.4, 0.5) is 18.9 Å². The summed E-state index contributed by atoms with van der Waals surface area (Å²) in [6, 6.07) is 10.5. The molecule has 2 heterocycles. The first-order valence-electron chi connectivity index (χ1n) is 8.41. The number of hydrogen-bond acceptors (Lipinski definition) is 5. The third kappa shape index (κ3) is 3.79. The average molecular weight is 435 g/mol. The largest absolute Gasteiger partial charge is 0.423 e. The SMILES string of the molecule is O=c1ccc2cc(S(=O)(=O)Nc3cc(C(F)(F)F)ccc3-n3cccn3)ccc2o1. The van der Waals surface area contributed by atoms with Gasteiger partial charge in [-0.1, -0.05) is 0 Å². The molecule has 1 N–H and O–H groups in total. The molecular formula is C19H12F3N3O4S. The van der Waals surface area contributed by atoms with Crippen molar-refractivity contribution in [2.45, 2.75) is 11.1 Å². The van der Waals surface area contributed by atoms with E-state index in [0.717, 1.165) is 18.2 Å². The van der Waals surface area contributed by atoms with Crippen molar-refractivity contribution in [3.05, 3.63) is 83.0 Å². The Hall–Kier alpha value is -3.60. The van der Waals surface area contributed by atoms with Gasteiger partial charge < -0.3 is 4.42 Å². The van der Waals surface area contributed by atoms with E-state index in [1.54, 1.807) is 6.07 Å². The molecular weight excluding hydrogens is 423 g/mol. The monoisotopic (exact) mass is 435 g/mol. The number of anilines is 1. The van der Waals surface area contributed by atoms with Crippen LogP contribution in [0.3, 0.4) is 0 Å². The molecule has 0 fully saturated rings. The first kappa shape index (κ1) is 19.7. The number of rotatable bonds is 4. The molecule has 0 bridgehead atoms. The van der Waals surface area contributed by atoms with Crippen LogP contribution in [-0.4, -0.2) is 18.2 Å². The Morgan fingerprint density at radius 2 is 1.83 bits per heavy atom. The quantitative estimate of drug-likeness (QED) is 0.492. The molecule has 0 saturated heterocycles. The number of nitrogens with one attached hydrogen (secondary N) is 1. The zero-order valence-corrected chi connectivity index (χ0v) is 15.7. The highest BCUT2D eigenvalue weighted by Crippen LogP contribution is 2.34. The van der Waals surface area contributed by atoms with Gasteiger partial charge in [-0.05, 0) is 48.5 Å². The summed E-state index contributed by atoms with van der Waals surface area (Å²) in [6.45, 7) is 0. The van der Waals surface area contributed by atoms with Crippen molar-refractivity contribution in [1.82, 2.24) is 9.78 Å². The minimum Gasteiger partial charge on any atom is -0.423 e. The van der Waals surface area contributed by atoms with Crippen molar-refractivity contribution in [3.63, 3.8) is 0 Å². The summed E-state index contributed by atoms with van der Waals surface area (Å²) < 4.78 is 73.7. The number of benzene rings is 2. The van der Waals surface area contributed by atoms with Gasteiger partial charge in [-0.3, -0.25) is 4.72 Å². The minimum absolute atomic E-state index is 0.114. The number of nitrogens with zero attached hydrogens (tertiary/aromatic N) is 2. The van der Waals surface area contributed by atoms with Crippen LogP contribution in [0.15, 0.2) is 81.1 Å². The number of sulfonamides is 1. The van der Waals surface area contributed by atoms with Crippen molar-refractivity contribution >= 4 is 26.7 Å². The van der Waals surface area contributed by atoms with Crippen molar-refractivity contribution in [3.8, 4) is 5.69 Å². The fraction of sp³-hybridized carbons (Fsp3) is 0.0526. The van der Waals surface area contributed by atoms with Gasteiger partial charge in [-0.2, -0.15) is 18.3 Å². The van der Waals surface area contributed by atoms with Crippen molar-refractivity contribution < 1.29 is 26.0 Å². The van der Waals surface area contributed by atoms with E-state index in [2.05, 4.69) is 9.82 Å². The molecule has 0 aliphatic heterocycles. The predicted molar refractivity (Wildman–Crippen MR) is 102 cm³/mol. The number of aromatic nitrogens is 2. The number of hydrogen-bond donors (Lipinski definition) is 1. The lowest BCUT2D eigenvalue weighted by molar-refractivity contribution is -0.137. The lowest BCUT2D eigenvalue weighted by Gasteiger charge is -2.16. The highest BCUT2D eigenvalue weighted by Gasteiger charge is 2.32. The Bertz CT molecular complexity index is 1390. The maximum Gasteiger partial charge on any atom is 0.416 e. The van der Waals surface area contributed by atoms with Gasteiger partial charge in [-0.15, -0.1) is 0 Å². The van der Waals surface area contributed by atoms with E-state index in [-0.39, 0.29) is 21.9 Å². The number of halogens is 3. The predicted octanol–water partition coefficient (Wildman–Crippen LogP) is 3.80. The molecule has 0 saturated carbocycles. The van der Waals surface area contributed by atoms with Crippen molar-refractivity contribution in [2.24, 2.45) is 0 Å². The van der Waals surface area contributed by atoms with Gasteiger partial charge in [0.25, 0.3) is 10.0 Å². The first-order chi connectivity index (χ1) is 14.1. The van der Waals surface area contributed by atoms with Gasteiger partial charge in [0.2, 0.25) is 0 Å². The van der Waals surface area contributed by atoms with Gasteiger partial charge in [-0.25, -0.2) is 17.9 Å². The molecule has 0 amide bonds. The molecule has 4 rings (SSSR count). The lowest BCUT2D eigenvalue weighted by Crippen LogP contribution is -2.16. The van der Waals surface area contributed by atoms with E-state index in [1.807, 2.05) is 0 Å². The summed E-state index contributed by atoms with van der Waals surface area (Å²) in [7, 11) is -4.27. The second-order valence-corrected chi connectivity index (χ2v) is 7.92. The van der Waals surface area contributed by atoms with Crippen LogP contribution in [0.5, 0.6) is 0 Å². The third-order valence-electron chi connectivity index (χ3n) is 4.22. The van der Waals surface area contributed by atoms with E-state index in [9.17, 15) is 26.4 Å². The van der Waals surface area contributed by atoms with E-state index in [4.69, 9.17) is 4.42 Å². The van der Waals surface area contributed by atoms with Gasteiger partial charge in [0.05, 0.1) is 21.8 Å². The number of alkyl halides is 3. The standard InChI is InChI=1S/C19H12F3N3O4S/c20-19(21,22)13-3-5-16(25-9-1-8-23-25)15(11-13)24-30(27,28)14-4-6-17-12(10-14)2-7-18(26)29-17/h1-11,24H. The van der Waals surface area contributed by atoms with Crippen molar-refractivity contribution in [2.75, 3.05) is 4.72 Å². The van der Waals surface area contributed by atoms with E-state index >= 15 is 0 Å². The highest BCUT2D eigenvalue weighted by molar-refractivity contribution is 7.92. The summed E-state index contributed by atoms with van der Waals surface area (Å²) in [5.74, 6) is 0. The fourth-order valence-corrected chi connectivity index (χ4v) is 3.93. The van der Waals surface area contributed by atoms with Gasteiger partial charge in [0.15, 0.2) is 0 Å². The molecule has 0 aliphatic rings. The molecule has 0 aliphatic carbocycles. The normalized spacial score (nSPS) is 12.2. The maximum atomic E-state index is 13.2. The molecule has 0 spiro atoms. The minimum atomic E-state index is -4.66. The Labute approximate surface area is 167 Å². The summed E-state index contributed by atoms with van der Waals surface area (Å²) in [4.78, 5) is 11.1. The van der Waals surface area contributed by atoms with Crippen LogP contribution >= 0.6 is 0 Å². The van der Waals surface area contributed by atoms with Crippen LogP contribution < -0.4 is 10.3 Å². The van der Waals surface area contributed by atoms with Crippen molar-refractivity contribution in [1.29, 1.82) is 0 Å². The lowest BCUT2D eigenvalue weighted by atomic mass is 10.1. The molecule has 2 aromatic carbocycles. The first-order valence-corrected chi connectivity index (χ1v) is 9.90. The average Bonchev–Trinajstić information content (AvgIpc) is 3.21. The Balaban J connectivity index is 1.80. The second-order valence-electron chi connectivity index (χ2n) is 6.24. The topological polar surface area (TPSA) is 94.2 Å². The molecule has 2 aromatic heterocycles.